The number of nitrogens with two attached hydrogens (primary N) is 1. The van der Waals surface area contributed by atoms with E-state index in [-0.39, 0.29) is 11.6 Å². The predicted octanol–water partition coefficient (Wildman–Crippen LogP) is 1.99. The second kappa shape index (κ2) is 6.41. The number of benzene rings is 2. The molecule has 0 radical (unpaired) electrons. The number of fused-ring (bicyclic) bond motifs is 1. The van der Waals surface area contributed by atoms with E-state index in [0.717, 1.165) is 10.5 Å². The Hall–Kier alpha value is -3.81. The van der Waals surface area contributed by atoms with Crippen molar-refractivity contribution >= 4 is 40.1 Å². The number of hydrogen-bond donors (Lipinski definition) is 1. The van der Waals surface area contributed by atoms with Gasteiger partial charge in [0.25, 0.3) is 5.91 Å². The molecular formula is C20H16N4O4. The van der Waals surface area contributed by atoms with Crippen LogP contribution in [0.15, 0.2) is 52.0 Å². The minimum atomic E-state index is -1.38. The van der Waals surface area contributed by atoms with E-state index in [1.54, 1.807) is 43.3 Å². The highest BCUT2D eigenvalue weighted by atomic mass is 16.3. The number of ketones is 1. The second-order valence-electron chi connectivity index (χ2n) is 6.57. The zero-order chi connectivity index (χ0) is 20.0. The number of hydrazone groups is 1. The average molecular weight is 376 g/mol. The van der Waals surface area contributed by atoms with Crippen LogP contribution >= 0.6 is 0 Å². The lowest BCUT2D eigenvalue weighted by Crippen LogP contribution is -2.55. The normalized spacial score (nSPS) is 19.1. The molecule has 0 saturated carbocycles. The lowest BCUT2D eigenvalue weighted by molar-refractivity contribution is -0.139. The molecule has 1 atom stereocenters. The third-order valence-corrected chi connectivity index (χ3v) is 4.67. The van der Waals surface area contributed by atoms with Crippen molar-refractivity contribution in [3.05, 3.63) is 59.5 Å². The maximum Gasteiger partial charge on any atom is 0.302 e. The van der Waals surface area contributed by atoms with Gasteiger partial charge in [0.05, 0.1) is 5.69 Å². The molecule has 28 heavy (non-hydrogen) atoms. The van der Waals surface area contributed by atoms with Crippen LogP contribution in [-0.2, 0) is 14.4 Å². The SMILES string of the molecule is Cc1ccc(C)c(N2C(=O)C(=O)[C@@H](c3nc4ccccc4o3)/C(=N\N)C2=O)c1. The Labute approximate surface area is 159 Å². The van der Waals surface area contributed by atoms with Crippen LogP contribution in [0.4, 0.5) is 5.69 Å². The monoisotopic (exact) mass is 376 g/mol. The molecular weight excluding hydrogens is 360 g/mol. The number of para-hydroxylation sites is 2. The number of oxazole rings is 1. The molecule has 2 heterocycles. The molecule has 8 nitrogen and oxygen atoms in total. The quantitative estimate of drug-likeness (QED) is 0.316. The summed E-state index contributed by atoms with van der Waals surface area (Å²) in [5.41, 5.74) is 2.45. The summed E-state index contributed by atoms with van der Waals surface area (Å²) in [5, 5.41) is 3.52. The van der Waals surface area contributed by atoms with E-state index >= 15 is 0 Å². The molecule has 0 bridgehead atoms. The van der Waals surface area contributed by atoms with Gasteiger partial charge in [-0.15, -0.1) is 0 Å². The number of hydrogen-bond acceptors (Lipinski definition) is 7. The number of aromatic nitrogens is 1. The molecule has 140 valence electrons. The smallest absolute Gasteiger partial charge is 0.302 e. The average Bonchev–Trinajstić information content (AvgIpc) is 3.10. The fraction of sp³-hybridized carbons (Fsp3) is 0.150. The number of aryl methyl sites for hydroxylation is 2. The van der Waals surface area contributed by atoms with E-state index in [0.29, 0.717) is 22.4 Å². The summed E-state index contributed by atoms with van der Waals surface area (Å²) in [7, 11) is 0. The minimum absolute atomic E-state index is 0.0854. The van der Waals surface area contributed by atoms with E-state index in [4.69, 9.17) is 10.3 Å². The van der Waals surface area contributed by atoms with Crippen LogP contribution in [0.2, 0.25) is 0 Å². The van der Waals surface area contributed by atoms with Crippen molar-refractivity contribution in [2.24, 2.45) is 10.9 Å². The number of amides is 2. The number of anilines is 1. The van der Waals surface area contributed by atoms with Gasteiger partial charge in [-0.3, -0.25) is 14.4 Å². The minimum Gasteiger partial charge on any atom is -0.439 e. The molecule has 0 unspecified atom stereocenters. The van der Waals surface area contributed by atoms with Crippen molar-refractivity contribution in [1.29, 1.82) is 0 Å². The largest absolute Gasteiger partial charge is 0.439 e. The first-order chi connectivity index (χ1) is 13.4. The van der Waals surface area contributed by atoms with Crippen molar-refractivity contribution in [3.63, 3.8) is 0 Å². The zero-order valence-electron chi connectivity index (χ0n) is 15.2. The first-order valence-corrected chi connectivity index (χ1v) is 8.55. The summed E-state index contributed by atoms with van der Waals surface area (Å²) in [4.78, 5) is 43.9. The van der Waals surface area contributed by atoms with E-state index < -0.39 is 23.5 Å². The number of rotatable bonds is 2. The first kappa shape index (κ1) is 17.6. The molecule has 0 aliphatic carbocycles. The third kappa shape index (κ3) is 2.58. The molecule has 4 rings (SSSR count). The van der Waals surface area contributed by atoms with Crippen LogP contribution in [0.25, 0.3) is 11.1 Å². The van der Waals surface area contributed by atoms with Crippen LogP contribution in [0, 0.1) is 13.8 Å². The standard InChI is InChI=1S/C20H16N4O4/c1-10-7-8-11(2)13(9-10)24-19(26)16(23-21)15(17(25)20(24)27)18-22-12-5-3-4-6-14(12)28-18/h3-9,15H,21H2,1-2H3/b23-16+/t15-/m0/s1. The summed E-state index contributed by atoms with van der Waals surface area (Å²) in [6.07, 6.45) is 0. The summed E-state index contributed by atoms with van der Waals surface area (Å²) >= 11 is 0. The van der Waals surface area contributed by atoms with Gasteiger partial charge in [-0.1, -0.05) is 24.3 Å². The van der Waals surface area contributed by atoms with Gasteiger partial charge in [-0.2, -0.15) is 5.10 Å². The molecule has 1 fully saturated rings. The maximum absolute atomic E-state index is 13.0. The highest BCUT2D eigenvalue weighted by Crippen LogP contribution is 2.31. The molecule has 0 spiro atoms. The summed E-state index contributed by atoms with van der Waals surface area (Å²) in [6, 6.07) is 12.1. The van der Waals surface area contributed by atoms with E-state index in [2.05, 4.69) is 10.1 Å². The Bertz CT molecular complexity index is 1140. The topological polar surface area (TPSA) is 119 Å². The number of imide groups is 1. The van der Waals surface area contributed by atoms with Gasteiger partial charge in [0, 0.05) is 0 Å². The molecule has 1 saturated heterocycles. The fourth-order valence-corrected chi connectivity index (χ4v) is 3.24. The number of carbonyl (C=O) groups is 3. The van der Waals surface area contributed by atoms with E-state index in [1.165, 1.54) is 0 Å². The molecule has 1 aromatic heterocycles. The highest BCUT2D eigenvalue weighted by Gasteiger charge is 2.49. The molecule has 2 aromatic carbocycles. The van der Waals surface area contributed by atoms with Gasteiger partial charge >= 0.3 is 5.91 Å². The van der Waals surface area contributed by atoms with Crippen molar-refractivity contribution in [2.45, 2.75) is 19.8 Å². The van der Waals surface area contributed by atoms with Crippen molar-refractivity contribution < 1.29 is 18.8 Å². The van der Waals surface area contributed by atoms with Crippen LogP contribution in [0.3, 0.4) is 0 Å². The molecule has 1 aliphatic heterocycles. The Balaban J connectivity index is 1.83. The number of piperidine rings is 1. The maximum atomic E-state index is 13.0. The van der Waals surface area contributed by atoms with Crippen LogP contribution in [0.1, 0.15) is 22.9 Å². The van der Waals surface area contributed by atoms with Crippen LogP contribution in [-0.4, -0.2) is 28.3 Å². The van der Waals surface area contributed by atoms with E-state index in [1.807, 2.05) is 13.0 Å². The Morgan fingerprint density at radius 3 is 2.54 bits per heavy atom. The summed E-state index contributed by atoms with van der Waals surface area (Å²) in [6.45, 7) is 3.56. The highest BCUT2D eigenvalue weighted by molar-refractivity contribution is 6.67. The molecule has 1 aliphatic rings. The van der Waals surface area contributed by atoms with Crippen molar-refractivity contribution in [3.8, 4) is 0 Å². The van der Waals surface area contributed by atoms with Gasteiger partial charge in [0.1, 0.15) is 11.2 Å². The van der Waals surface area contributed by atoms with Gasteiger partial charge < -0.3 is 10.3 Å². The van der Waals surface area contributed by atoms with Gasteiger partial charge in [0.15, 0.2) is 11.5 Å². The predicted molar refractivity (Wildman–Crippen MR) is 102 cm³/mol. The molecule has 2 N–H and O–H groups in total. The Kier molecular flexibility index (Phi) is 4.03. The lowest BCUT2D eigenvalue weighted by Gasteiger charge is -2.29. The number of Topliss-reactive ketones (excluding diaryl/α,β-unsaturated/α-hetero) is 1. The Morgan fingerprint density at radius 1 is 1.07 bits per heavy atom. The van der Waals surface area contributed by atoms with Crippen LogP contribution < -0.4 is 10.7 Å². The van der Waals surface area contributed by atoms with Crippen molar-refractivity contribution in [1.82, 2.24) is 4.98 Å². The molecule has 2 amide bonds. The van der Waals surface area contributed by atoms with E-state index in [9.17, 15) is 14.4 Å². The zero-order valence-corrected chi connectivity index (χ0v) is 15.2. The number of carbonyl (C=O) groups excluding carboxylic acids is 3. The van der Waals surface area contributed by atoms with Crippen molar-refractivity contribution in [2.75, 3.05) is 4.90 Å². The summed E-state index contributed by atoms with van der Waals surface area (Å²) < 4.78 is 5.60. The van der Waals surface area contributed by atoms with Gasteiger partial charge in [0.2, 0.25) is 11.7 Å². The van der Waals surface area contributed by atoms with Gasteiger partial charge in [-0.25, -0.2) is 9.88 Å². The first-order valence-electron chi connectivity index (χ1n) is 8.55. The lowest BCUT2D eigenvalue weighted by atomic mass is 9.91. The second-order valence-corrected chi connectivity index (χ2v) is 6.57. The molecule has 8 heteroatoms. The Morgan fingerprint density at radius 2 is 1.82 bits per heavy atom. The molecule has 3 aromatic rings. The summed E-state index contributed by atoms with van der Waals surface area (Å²) in [5.74, 6) is 1.35. The number of nitrogens with zero attached hydrogens (tertiary/aromatic N) is 3. The van der Waals surface area contributed by atoms with Crippen LogP contribution in [0.5, 0.6) is 0 Å². The third-order valence-electron chi connectivity index (χ3n) is 4.67. The fourth-order valence-electron chi connectivity index (χ4n) is 3.24. The van der Waals surface area contributed by atoms with Gasteiger partial charge in [-0.05, 0) is 43.2 Å².